The van der Waals surface area contributed by atoms with Gasteiger partial charge in [-0.2, -0.15) is 0 Å². The fourth-order valence-corrected chi connectivity index (χ4v) is 1.70. The van der Waals surface area contributed by atoms with Gasteiger partial charge in [-0.05, 0) is 13.3 Å². The van der Waals surface area contributed by atoms with Crippen molar-refractivity contribution in [1.29, 1.82) is 0 Å². The number of hydrogen-bond donors (Lipinski definition) is 2. The molecule has 1 fully saturated rings. The summed E-state index contributed by atoms with van der Waals surface area (Å²) < 4.78 is 10.4. The van der Waals surface area contributed by atoms with Crippen LogP contribution in [0.5, 0.6) is 0 Å². The molecule has 1 heterocycles. The quantitative estimate of drug-likeness (QED) is 0.437. The van der Waals surface area contributed by atoms with Gasteiger partial charge in [-0.3, -0.25) is 4.99 Å². The van der Waals surface area contributed by atoms with Gasteiger partial charge in [-0.25, -0.2) is 0 Å². The Kier molecular flexibility index (Phi) is 8.06. The van der Waals surface area contributed by atoms with Gasteiger partial charge in [0.15, 0.2) is 5.96 Å². The Bertz CT molecular complexity index is 243. The number of aliphatic imine (C=N–C) groups is 1. The summed E-state index contributed by atoms with van der Waals surface area (Å²) >= 11 is 0. The molecule has 6 heteroatoms. The molecule has 5 nitrogen and oxygen atoms in total. The van der Waals surface area contributed by atoms with E-state index >= 15 is 0 Å². The standard InChI is InChI=1S/C11H23N3O2.HI/c1-9(6-15-3)14-10(12)13-7-11(2)4-5-16-8-11;/h9H,4-8H2,1-3H3,(H3,12,13,14);1H. The molecule has 0 aromatic rings. The predicted octanol–water partition coefficient (Wildman–Crippen LogP) is 0.970. The molecule has 1 saturated heterocycles. The second-order valence-corrected chi connectivity index (χ2v) is 4.82. The molecular formula is C11H24IN3O2. The van der Waals surface area contributed by atoms with E-state index in [1.165, 1.54) is 0 Å². The summed E-state index contributed by atoms with van der Waals surface area (Å²) in [5.74, 6) is 0.484. The summed E-state index contributed by atoms with van der Waals surface area (Å²) in [4.78, 5) is 4.35. The zero-order chi connectivity index (χ0) is 12.0. The second-order valence-electron chi connectivity index (χ2n) is 4.82. The zero-order valence-corrected chi connectivity index (χ0v) is 13.2. The van der Waals surface area contributed by atoms with Gasteiger partial charge < -0.3 is 20.5 Å². The Morgan fingerprint density at radius 3 is 2.88 bits per heavy atom. The van der Waals surface area contributed by atoms with E-state index in [1.807, 2.05) is 6.92 Å². The van der Waals surface area contributed by atoms with Crippen molar-refractivity contribution in [2.75, 3.05) is 33.5 Å². The van der Waals surface area contributed by atoms with Crippen LogP contribution in [0.25, 0.3) is 0 Å². The number of hydrogen-bond acceptors (Lipinski definition) is 3. The molecule has 0 bridgehead atoms. The lowest BCUT2D eigenvalue weighted by atomic mass is 9.90. The molecule has 1 aliphatic heterocycles. The van der Waals surface area contributed by atoms with Crippen LogP contribution >= 0.6 is 24.0 Å². The first kappa shape index (κ1) is 16.9. The van der Waals surface area contributed by atoms with Crippen molar-refractivity contribution in [3.8, 4) is 0 Å². The number of nitrogens with one attached hydrogen (secondary N) is 1. The average molecular weight is 357 g/mol. The van der Waals surface area contributed by atoms with Crippen molar-refractivity contribution in [2.24, 2.45) is 16.1 Å². The minimum absolute atomic E-state index is 0. The number of halogens is 1. The van der Waals surface area contributed by atoms with Crippen LogP contribution in [0.15, 0.2) is 4.99 Å². The zero-order valence-electron chi connectivity index (χ0n) is 10.9. The maximum absolute atomic E-state index is 5.78. The fourth-order valence-electron chi connectivity index (χ4n) is 1.70. The number of ether oxygens (including phenoxy) is 2. The molecule has 1 aliphatic rings. The van der Waals surface area contributed by atoms with E-state index in [0.717, 1.165) is 19.6 Å². The Morgan fingerprint density at radius 2 is 2.35 bits per heavy atom. The lowest BCUT2D eigenvalue weighted by Crippen LogP contribution is -2.41. The normalized spacial score (nSPS) is 26.4. The van der Waals surface area contributed by atoms with Gasteiger partial charge in [0.25, 0.3) is 0 Å². The molecule has 0 spiro atoms. The highest BCUT2D eigenvalue weighted by molar-refractivity contribution is 14.0. The molecule has 2 unspecified atom stereocenters. The van der Waals surface area contributed by atoms with Crippen LogP contribution in [0.2, 0.25) is 0 Å². The number of rotatable bonds is 5. The van der Waals surface area contributed by atoms with Crippen molar-refractivity contribution in [3.63, 3.8) is 0 Å². The SMILES string of the molecule is COCC(C)NC(N)=NCC1(C)CCOC1.I. The highest BCUT2D eigenvalue weighted by Gasteiger charge is 2.29. The van der Waals surface area contributed by atoms with Crippen LogP contribution in [0.3, 0.4) is 0 Å². The molecule has 2 atom stereocenters. The van der Waals surface area contributed by atoms with Crippen LogP contribution in [0, 0.1) is 5.41 Å². The highest BCUT2D eigenvalue weighted by Crippen LogP contribution is 2.27. The third-order valence-electron chi connectivity index (χ3n) is 2.74. The molecule has 0 aromatic carbocycles. The van der Waals surface area contributed by atoms with Crippen LogP contribution in [-0.2, 0) is 9.47 Å². The Labute approximate surface area is 121 Å². The van der Waals surface area contributed by atoms with Gasteiger partial charge in [0, 0.05) is 25.2 Å². The fraction of sp³-hybridized carbons (Fsp3) is 0.909. The molecule has 1 rings (SSSR count). The third-order valence-corrected chi connectivity index (χ3v) is 2.74. The van der Waals surface area contributed by atoms with E-state index in [0.29, 0.717) is 19.1 Å². The van der Waals surface area contributed by atoms with Crippen molar-refractivity contribution >= 4 is 29.9 Å². The molecular weight excluding hydrogens is 333 g/mol. The summed E-state index contributed by atoms with van der Waals surface area (Å²) in [6, 6.07) is 0.182. The topological polar surface area (TPSA) is 68.9 Å². The van der Waals surface area contributed by atoms with Crippen molar-refractivity contribution in [3.05, 3.63) is 0 Å². The molecule has 17 heavy (non-hydrogen) atoms. The predicted molar refractivity (Wildman–Crippen MR) is 79.9 cm³/mol. The monoisotopic (exact) mass is 357 g/mol. The third kappa shape index (κ3) is 6.42. The summed E-state index contributed by atoms with van der Waals surface area (Å²) in [5, 5.41) is 3.08. The van der Waals surface area contributed by atoms with E-state index in [-0.39, 0.29) is 35.4 Å². The lowest BCUT2D eigenvalue weighted by molar-refractivity contribution is 0.162. The molecule has 0 aromatic heterocycles. The number of nitrogens with two attached hydrogens (primary N) is 1. The molecule has 102 valence electrons. The van der Waals surface area contributed by atoms with Gasteiger partial charge in [-0.15, -0.1) is 24.0 Å². The smallest absolute Gasteiger partial charge is 0.188 e. The van der Waals surface area contributed by atoms with Crippen LogP contribution in [-0.4, -0.2) is 45.5 Å². The average Bonchev–Trinajstić information content (AvgIpc) is 2.63. The molecule has 0 saturated carbocycles. The van der Waals surface area contributed by atoms with Crippen molar-refractivity contribution < 1.29 is 9.47 Å². The van der Waals surface area contributed by atoms with Gasteiger partial charge in [-0.1, -0.05) is 6.92 Å². The highest BCUT2D eigenvalue weighted by atomic mass is 127. The Balaban J connectivity index is 0.00000256. The maximum Gasteiger partial charge on any atom is 0.188 e. The van der Waals surface area contributed by atoms with Crippen molar-refractivity contribution in [1.82, 2.24) is 5.32 Å². The largest absolute Gasteiger partial charge is 0.383 e. The second kappa shape index (κ2) is 8.10. The molecule has 0 aliphatic carbocycles. The minimum atomic E-state index is 0. The van der Waals surface area contributed by atoms with Crippen LogP contribution in [0.1, 0.15) is 20.3 Å². The van der Waals surface area contributed by atoms with E-state index in [9.17, 15) is 0 Å². The summed E-state index contributed by atoms with van der Waals surface area (Å²) in [5.41, 5.74) is 5.93. The van der Waals surface area contributed by atoms with E-state index in [4.69, 9.17) is 15.2 Å². The van der Waals surface area contributed by atoms with Gasteiger partial charge in [0.1, 0.15) is 0 Å². The first-order chi connectivity index (χ1) is 7.56. The van der Waals surface area contributed by atoms with E-state index < -0.39 is 0 Å². The van der Waals surface area contributed by atoms with Gasteiger partial charge in [0.05, 0.1) is 19.8 Å². The van der Waals surface area contributed by atoms with Crippen LogP contribution in [0.4, 0.5) is 0 Å². The maximum atomic E-state index is 5.78. The number of guanidine groups is 1. The Hall–Kier alpha value is -0.0800. The lowest BCUT2D eigenvalue weighted by Gasteiger charge is -2.19. The summed E-state index contributed by atoms with van der Waals surface area (Å²) in [6.45, 7) is 7.13. The number of methoxy groups -OCH3 is 1. The summed E-state index contributed by atoms with van der Waals surface area (Å²) in [7, 11) is 1.67. The molecule has 0 amide bonds. The van der Waals surface area contributed by atoms with Gasteiger partial charge in [0.2, 0.25) is 0 Å². The first-order valence-electron chi connectivity index (χ1n) is 5.69. The van der Waals surface area contributed by atoms with E-state index in [1.54, 1.807) is 7.11 Å². The Morgan fingerprint density at radius 1 is 1.65 bits per heavy atom. The summed E-state index contributed by atoms with van der Waals surface area (Å²) in [6.07, 6.45) is 1.05. The first-order valence-corrected chi connectivity index (χ1v) is 5.69. The molecule has 0 radical (unpaired) electrons. The van der Waals surface area contributed by atoms with Gasteiger partial charge >= 0.3 is 0 Å². The number of nitrogens with zero attached hydrogens (tertiary/aromatic N) is 1. The van der Waals surface area contributed by atoms with Crippen molar-refractivity contribution in [2.45, 2.75) is 26.3 Å². The minimum Gasteiger partial charge on any atom is -0.383 e. The van der Waals surface area contributed by atoms with E-state index in [2.05, 4.69) is 17.2 Å². The molecule has 3 N–H and O–H groups in total. The van der Waals surface area contributed by atoms with Crippen LogP contribution < -0.4 is 11.1 Å².